The first kappa shape index (κ1) is 41.2. The maximum atomic E-state index is 13.1. The molecule has 49 heavy (non-hydrogen) atoms. The number of esters is 1. The molecule has 1 aliphatic rings. The van der Waals surface area contributed by atoms with Gasteiger partial charge in [0, 0.05) is 5.69 Å². The van der Waals surface area contributed by atoms with E-state index in [0.29, 0.717) is 5.69 Å². The molecule has 13 heteroatoms. The van der Waals surface area contributed by atoms with Crippen LogP contribution in [0.15, 0.2) is 24.3 Å². The standard InChI is InChI=1S/C36H56N4O9/c1-21(2)26-27(35(6,7)8)32(44)40(31(26)43)16-17-47-18-19-48-34(46)39-28(22(3)4)30(42)37-23(5)29(41)38-25-14-12-24(13-15-25)20-49-33(45)36(9,10)11/h12-15,21-23,26-28H,16-20H2,1-11H3,(H,37,42)(H,38,41)(H,39,46)/t23-,26?,27?,28-/m0/s1. The van der Waals surface area contributed by atoms with Crippen LogP contribution in [-0.2, 0) is 44.8 Å². The van der Waals surface area contributed by atoms with E-state index >= 15 is 0 Å². The van der Waals surface area contributed by atoms with Crippen LogP contribution in [0.3, 0.4) is 0 Å². The average Bonchev–Trinajstić information content (AvgIpc) is 3.25. The van der Waals surface area contributed by atoms with Crippen molar-refractivity contribution in [2.45, 2.75) is 94.9 Å². The number of imide groups is 1. The van der Waals surface area contributed by atoms with E-state index in [1.807, 2.05) is 34.6 Å². The van der Waals surface area contributed by atoms with Crippen molar-refractivity contribution in [3.63, 3.8) is 0 Å². The molecule has 0 spiro atoms. The molecule has 1 aromatic carbocycles. The van der Waals surface area contributed by atoms with Crippen molar-refractivity contribution in [1.82, 2.24) is 15.5 Å². The number of rotatable bonds is 15. The number of hydrogen-bond donors (Lipinski definition) is 3. The van der Waals surface area contributed by atoms with E-state index in [1.54, 1.807) is 58.9 Å². The van der Waals surface area contributed by atoms with E-state index in [1.165, 1.54) is 11.8 Å². The summed E-state index contributed by atoms with van der Waals surface area (Å²) in [5.41, 5.74) is 0.289. The molecule has 2 rings (SSSR count). The molecular formula is C36H56N4O9. The van der Waals surface area contributed by atoms with Crippen LogP contribution in [0.5, 0.6) is 0 Å². The Morgan fingerprint density at radius 3 is 1.92 bits per heavy atom. The fraction of sp³-hybridized carbons (Fsp3) is 0.667. The van der Waals surface area contributed by atoms with Gasteiger partial charge < -0.3 is 30.2 Å². The molecule has 1 aliphatic heterocycles. The molecule has 0 radical (unpaired) electrons. The van der Waals surface area contributed by atoms with Crippen molar-refractivity contribution in [3.05, 3.63) is 29.8 Å². The van der Waals surface area contributed by atoms with E-state index in [-0.39, 0.29) is 73.9 Å². The summed E-state index contributed by atoms with van der Waals surface area (Å²) in [4.78, 5) is 77.5. The summed E-state index contributed by atoms with van der Waals surface area (Å²) in [7, 11) is 0. The van der Waals surface area contributed by atoms with Crippen LogP contribution in [0, 0.1) is 34.5 Å². The second-order valence-corrected chi connectivity index (χ2v) is 15.3. The molecule has 1 aromatic rings. The van der Waals surface area contributed by atoms with Crippen LogP contribution in [0.4, 0.5) is 10.5 Å². The van der Waals surface area contributed by atoms with Crippen LogP contribution in [-0.4, -0.2) is 79.0 Å². The highest BCUT2D eigenvalue weighted by Crippen LogP contribution is 2.42. The quantitative estimate of drug-likeness (QED) is 0.138. The Morgan fingerprint density at radius 2 is 1.41 bits per heavy atom. The van der Waals surface area contributed by atoms with Crippen molar-refractivity contribution in [1.29, 1.82) is 0 Å². The number of ether oxygens (including phenoxy) is 3. The molecule has 4 atom stereocenters. The Labute approximate surface area is 290 Å². The van der Waals surface area contributed by atoms with Gasteiger partial charge in [-0.2, -0.15) is 0 Å². The lowest BCUT2D eigenvalue weighted by molar-refractivity contribution is -0.154. The number of amides is 5. The fourth-order valence-corrected chi connectivity index (χ4v) is 5.38. The topological polar surface area (TPSA) is 169 Å². The maximum absolute atomic E-state index is 13.1. The minimum Gasteiger partial charge on any atom is -0.460 e. The Bertz CT molecular complexity index is 1330. The molecule has 0 bridgehead atoms. The first-order valence-electron chi connectivity index (χ1n) is 16.9. The zero-order valence-corrected chi connectivity index (χ0v) is 30.9. The normalized spacial score (nSPS) is 17.9. The number of anilines is 1. The van der Waals surface area contributed by atoms with Gasteiger partial charge in [0.05, 0.1) is 37.0 Å². The van der Waals surface area contributed by atoms with Crippen LogP contribution >= 0.6 is 0 Å². The van der Waals surface area contributed by atoms with E-state index in [4.69, 9.17) is 14.2 Å². The maximum Gasteiger partial charge on any atom is 0.407 e. The highest BCUT2D eigenvalue weighted by molar-refractivity contribution is 6.05. The lowest BCUT2D eigenvalue weighted by Gasteiger charge is -2.30. The van der Waals surface area contributed by atoms with Crippen molar-refractivity contribution >= 4 is 41.4 Å². The Balaban J connectivity index is 1.77. The number of nitrogens with one attached hydrogen (secondary N) is 3. The van der Waals surface area contributed by atoms with Gasteiger partial charge in [0.2, 0.25) is 23.6 Å². The molecule has 274 valence electrons. The monoisotopic (exact) mass is 688 g/mol. The molecule has 13 nitrogen and oxygen atoms in total. The lowest BCUT2D eigenvalue weighted by Crippen LogP contribution is -2.53. The summed E-state index contributed by atoms with van der Waals surface area (Å²) in [6.07, 6.45) is -0.833. The fourth-order valence-electron chi connectivity index (χ4n) is 5.38. The van der Waals surface area contributed by atoms with Crippen molar-refractivity contribution in [2.24, 2.45) is 34.5 Å². The van der Waals surface area contributed by atoms with Gasteiger partial charge in [-0.15, -0.1) is 0 Å². The third-order valence-corrected chi connectivity index (χ3v) is 8.19. The first-order chi connectivity index (χ1) is 22.6. The predicted octanol–water partition coefficient (Wildman–Crippen LogP) is 4.29. The zero-order chi connectivity index (χ0) is 37.3. The molecule has 1 heterocycles. The van der Waals surface area contributed by atoms with Gasteiger partial charge >= 0.3 is 12.1 Å². The summed E-state index contributed by atoms with van der Waals surface area (Å²) in [5, 5.41) is 7.88. The highest BCUT2D eigenvalue weighted by atomic mass is 16.6. The largest absolute Gasteiger partial charge is 0.460 e. The minimum absolute atomic E-state index is 0.0265. The SMILES string of the molecule is CC(C)C1C(=O)N(CCOCCOC(=O)N[C@H](C(=O)N[C@@H](C)C(=O)Nc2ccc(COC(=O)C(C)(C)C)cc2)C(C)C)C(=O)C1C(C)(C)C. The van der Waals surface area contributed by atoms with E-state index in [0.717, 1.165) is 5.56 Å². The minimum atomic E-state index is -0.976. The van der Waals surface area contributed by atoms with Crippen molar-refractivity contribution in [2.75, 3.05) is 31.7 Å². The first-order valence-corrected chi connectivity index (χ1v) is 16.9. The highest BCUT2D eigenvalue weighted by Gasteiger charge is 2.53. The average molecular weight is 689 g/mol. The van der Waals surface area contributed by atoms with Crippen LogP contribution in [0.1, 0.15) is 81.7 Å². The van der Waals surface area contributed by atoms with E-state index < -0.39 is 41.3 Å². The van der Waals surface area contributed by atoms with Gasteiger partial charge in [0.25, 0.3) is 0 Å². The molecule has 1 fully saturated rings. The number of hydrogen-bond acceptors (Lipinski definition) is 9. The van der Waals surface area contributed by atoms with Gasteiger partial charge in [-0.05, 0) is 62.6 Å². The van der Waals surface area contributed by atoms with Gasteiger partial charge in [-0.3, -0.25) is 28.9 Å². The predicted molar refractivity (Wildman–Crippen MR) is 184 cm³/mol. The number of carbonyl (C=O) groups excluding carboxylic acids is 6. The van der Waals surface area contributed by atoms with Gasteiger partial charge in [0.15, 0.2) is 0 Å². The molecular weight excluding hydrogens is 632 g/mol. The number of likely N-dealkylation sites (tertiary alicyclic amines) is 1. The molecule has 2 unspecified atom stereocenters. The summed E-state index contributed by atoms with van der Waals surface area (Å²) in [5.74, 6) is -2.78. The molecule has 5 amide bonds. The summed E-state index contributed by atoms with van der Waals surface area (Å²) < 4.78 is 16.0. The zero-order valence-electron chi connectivity index (χ0n) is 30.9. The third kappa shape index (κ3) is 12.1. The number of benzene rings is 1. The molecule has 0 saturated carbocycles. The molecule has 0 aromatic heterocycles. The number of alkyl carbamates (subject to hydrolysis) is 1. The van der Waals surface area contributed by atoms with Crippen LogP contribution in [0.2, 0.25) is 0 Å². The number of nitrogens with zero attached hydrogens (tertiary/aromatic N) is 1. The Kier molecular flexibility index (Phi) is 14.8. The summed E-state index contributed by atoms with van der Waals surface area (Å²) in [6, 6.07) is 4.89. The molecule has 3 N–H and O–H groups in total. The second-order valence-electron chi connectivity index (χ2n) is 15.3. The van der Waals surface area contributed by atoms with Gasteiger partial charge in [-0.1, -0.05) is 60.6 Å². The Hall–Kier alpha value is -4.00. The summed E-state index contributed by atoms with van der Waals surface area (Å²) in [6.45, 7) is 20.3. The van der Waals surface area contributed by atoms with E-state index in [9.17, 15) is 28.8 Å². The van der Waals surface area contributed by atoms with Crippen molar-refractivity contribution < 1.29 is 43.0 Å². The van der Waals surface area contributed by atoms with Crippen LogP contribution in [0.25, 0.3) is 0 Å². The van der Waals surface area contributed by atoms with Crippen molar-refractivity contribution in [3.8, 4) is 0 Å². The number of carbonyl (C=O) groups is 6. The smallest absolute Gasteiger partial charge is 0.407 e. The van der Waals surface area contributed by atoms with Gasteiger partial charge in [-0.25, -0.2) is 4.79 Å². The second kappa shape index (κ2) is 17.6. The van der Waals surface area contributed by atoms with Crippen LogP contribution < -0.4 is 16.0 Å². The third-order valence-electron chi connectivity index (χ3n) is 8.19. The van der Waals surface area contributed by atoms with Gasteiger partial charge in [0.1, 0.15) is 25.3 Å². The summed E-state index contributed by atoms with van der Waals surface area (Å²) >= 11 is 0. The van der Waals surface area contributed by atoms with E-state index in [2.05, 4.69) is 16.0 Å². The Morgan fingerprint density at radius 1 is 0.796 bits per heavy atom. The molecule has 1 saturated heterocycles. The molecule has 0 aliphatic carbocycles. The lowest BCUT2D eigenvalue weighted by atomic mass is 9.71.